The topological polar surface area (TPSA) is 513 Å². The van der Waals surface area contributed by atoms with Crippen LogP contribution in [0.4, 0.5) is 5.95 Å². The normalized spacial score (nSPS) is 28.2. The van der Waals surface area contributed by atoms with E-state index in [-0.39, 0.29) is 36.3 Å². The third-order valence-electron chi connectivity index (χ3n) is 20.5. The Balaban J connectivity index is 0.842. The van der Waals surface area contributed by atoms with Crippen LogP contribution >= 0.6 is 11.3 Å². The number of aromatic nitrogens is 4. The fourth-order valence-corrected chi connectivity index (χ4v) is 16.1. The maximum atomic E-state index is 14.9. The van der Waals surface area contributed by atoms with Gasteiger partial charge >= 0.3 is 16.4 Å². The van der Waals surface area contributed by atoms with E-state index in [1.165, 1.54) is 44.4 Å². The first kappa shape index (κ1) is 78.4. The molecule has 10 rings (SSSR count). The van der Waals surface area contributed by atoms with Gasteiger partial charge in [0.15, 0.2) is 11.5 Å². The summed E-state index contributed by atoms with van der Waals surface area (Å²) in [6.45, 7) is 2.60. The van der Waals surface area contributed by atoms with Crippen molar-refractivity contribution in [3.05, 3.63) is 65.4 Å². The molecule has 6 aliphatic rings. The third kappa shape index (κ3) is 20.0. The number of ether oxygens (including phenoxy) is 1. The van der Waals surface area contributed by atoms with Crippen LogP contribution in [0.3, 0.4) is 0 Å². The van der Waals surface area contributed by atoms with E-state index in [0.717, 1.165) is 106 Å². The van der Waals surface area contributed by atoms with Crippen molar-refractivity contribution < 1.29 is 106 Å². The van der Waals surface area contributed by atoms with Crippen molar-refractivity contribution in [2.45, 2.75) is 214 Å². The number of hydrogen-bond donors (Lipinski definition) is 15. The number of phenolic OH excluding ortho intramolecular Hbond substituents is 1. The van der Waals surface area contributed by atoms with Crippen LogP contribution in [-0.2, 0) is 59.9 Å². The molecule has 104 heavy (non-hydrogen) atoms. The van der Waals surface area contributed by atoms with Gasteiger partial charge in [0.05, 0.1) is 55.3 Å². The van der Waals surface area contributed by atoms with E-state index in [0.29, 0.717) is 31.3 Å². The highest BCUT2D eigenvalue weighted by Gasteiger charge is 2.50. The number of anilines is 1. The molecule has 0 spiro atoms. The van der Waals surface area contributed by atoms with Gasteiger partial charge in [-0.15, -0.1) is 10.2 Å². The fraction of sp³-hybridized carbons (Fsp3) is 0.618. The summed E-state index contributed by atoms with van der Waals surface area (Å²) in [6.07, 6.45) is -0.846. The average Bonchev–Trinajstić information content (AvgIpc) is 1.66. The van der Waals surface area contributed by atoms with Crippen LogP contribution < -0.4 is 35.7 Å². The molecule has 0 radical (unpaired) electrons. The standard InChI is InChI=1S/C68H92N12O22S2/c1-34-32-80-56(57(34)88)61(92)69-31-43(82)26-41(14-10-36-8-12-39(13-9-36)63-76-77-64(103-63)40-17-15-38(16-18-40)42-29-70-68(71-30-42)78-22-20-46(21-23-78)101-45-6-4-3-5-7-45)58(89)73-53(35(2)81)65(94)79-33-44(83)27-47(79)59(90)74-54(49(85)24-37-11-19-48(84)51(25-37)102-104(98,99)100)60(91)75-55(66(80)95)50(86)28-52(87)72-62(93)67(96)97/h11,15-19,25,29-30,34-36,39,41,43-47,49-50,53-57,62,81-86,88,93H,3-10,12-14,20-24,26-28,31-33H2,1-2H3,(H,69,92)(H,72,87)(H,73,89)(H,74,90)(H,75,91)(H,96,97)(H,98,99,100)/t34-,35+,36-,39-,41-,43+,44+,47-,49+,50+,53?,54-,55-,56-,57-,62?/m0/s1. The Bertz CT molecular complexity index is 3800. The number of phenols is 1. The van der Waals surface area contributed by atoms with Crippen molar-refractivity contribution >= 4 is 75.0 Å². The molecule has 7 amide bonds. The Morgan fingerprint density at radius 1 is 0.712 bits per heavy atom. The quantitative estimate of drug-likeness (QED) is 0.0384. The molecule has 2 aliphatic carbocycles. The number of aromatic hydroxyl groups is 1. The van der Waals surface area contributed by atoms with Crippen LogP contribution in [0.1, 0.15) is 133 Å². The number of carboxylic acids is 1. The molecule has 36 heteroatoms. The lowest BCUT2D eigenvalue weighted by Crippen LogP contribution is -2.64. The number of aliphatic hydroxyl groups is 7. The SMILES string of the molecule is C[C@@H](O)C1NC(=O)[C@@H](CC[C@H]2CC[C@H](c3nnc(-c4ccc(-c5cnc(N6CCC(OC7CCCCC7)CC6)nc5)cc4)s3)CC2)C[C@@H](O)CNC(=O)[C@@H]2[C@@H](O)[C@@H](C)CN2C(=O)[C@H]([C@H](O)CC(=O)NC(O)C(=O)O)NC(=O)[C@H]([C@H](O)Cc2ccc(O)c(OS(=O)(=O)O)c2)NC(=O)[C@@H]2C[C@@H](O)CN2C1=O. The number of carboxylic acid groups (broad SMARTS) is 1. The number of aliphatic carboxylic acids is 1. The van der Waals surface area contributed by atoms with Gasteiger partial charge in [-0.1, -0.05) is 67.9 Å². The number of piperidine rings is 1. The van der Waals surface area contributed by atoms with Crippen LogP contribution in [0.2, 0.25) is 0 Å². The van der Waals surface area contributed by atoms with Crippen molar-refractivity contribution in [1.29, 1.82) is 0 Å². The van der Waals surface area contributed by atoms with Gasteiger partial charge in [0.2, 0.25) is 53.5 Å². The number of β-amino-alcohol motifs (C(OH)–C–C–N with tert-alkyl or cyclic N) is 1. The first-order valence-electron chi connectivity index (χ1n) is 35.2. The van der Waals surface area contributed by atoms with E-state index in [2.05, 4.69) is 40.5 Å². The second kappa shape index (κ2) is 34.8. The molecule has 6 heterocycles. The molecule has 4 aromatic rings. The van der Waals surface area contributed by atoms with Gasteiger partial charge in [-0.2, -0.15) is 8.42 Å². The molecule has 6 fully saturated rings. The van der Waals surface area contributed by atoms with Crippen LogP contribution in [0, 0.1) is 17.8 Å². The molecule has 2 saturated carbocycles. The van der Waals surface area contributed by atoms with Crippen molar-refractivity contribution in [1.82, 2.24) is 56.5 Å². The zero-order valence-electron chi connectivity index (χ0n) is 57.5. The highest BCUT2D eigenvalue weighted by molar-refractivity contribution is 7.81. The average molecular weight is 1490 g/mol. The highest BCUT2D eigenvalue weighted by Crippen LogP contribution is 2.41. The largest absolute Gasteiger partial charge is 0.504 e. The Kier molecular flexibility index (Phi) is 26.3. The number of carbonyl (C=O) groups excluding carboxylic acids is 7. The molecular formula is C68H92N12O22S2. The molecule has 568 valence electrons. The molecule has 2 aromatic heterocycles. The van der Waals surface area contributed by atoms with Gasteiger partial charge in [-0.25, -0.2) is 14.8 Å². The van der Waals surface area contributed by atoms with E-state index in [1.54, 1.807) is 5.32 Å². The zero-order chi connectivity index (χ0) is 74.8. The van der Waals surface area contributed by atoms with Gasteiger partial charge in [-0.05, 0) is 107 Å². The number of nitrogens with one attached hydrogen (secondary N) is 5. The number of amides is 7. The van der Waals surface area contributed by atoms with E-state index < -0.39 is 193 Å². The summed E-state index contributed by atoms with van der Waals surface area (Å²) in [7, 11) is -5.27. The summed E-state index contributed by atoms with van der Waals surface area (Å²) in [5.74, 6) is -13.6. The molecule has 0 bridgehead atoms. The van der Waals surface area contributed by atoms with E-state index >= 15 is 0 Å². The molecule has 4 saturated heterocycles. The van der Waals surface area contributed by atoms with E-state index in [1.807, 2.05) is 36.7 Å². The smallest absolute Gasteiger partial charge is 0.446 e. The molecule has 34 nitrogen and oxygen atoms in total. The molecule has 2 unspecified atom stereocenters. The molecule has 14 atom stereocenters. The van der Waals surface area contributed by atoms with Crippen LogP contribution in [0.15, 0.2) is 54.9 Å². The lowest BCUT2D eigenvalue weighted by atomic mass is 9.78. The second-order valence-corrected chi connectivity index (χ2v) is 30.2. The van der Waals surface area contributed by atoms with Gasteiger partial charge in [-0.3, -0.25) is 38.1 Å². The number of carbonyl (C=O) groups is 8. The Hall–Kier alpha value is -8.17. The number of aliphatic hydroxyl groups excluding tert-OH is 7. The first-order valence-corrected chi connectivity index (χ1v) is 37.4. The first-order chi connectivity index (χ1) is 49.5. The predicted molar refractivity (Wildman–Crippen MR) is 367 cm³/mol. The molecular weight excluding hydrogens is 1400 g/mol. The third-order valence-corrected chi connectivity index (χ3v) is 22.0. The summed E-state index contributed by atoms with van der Waals surface area (Å²) < 4.78 is 43.5. The number of rotatable bonds is 20. The Labute approximate surface area is 603 Å². The van der Waals surface area contributed by atoms with E-state index in [4.69, 9.17) is 14.7 Å². The van der Waals surface area contributed by atoms with Crippen LogP contribution in [-0.4, -0.2) is 254 Å². The molecule has 15 N–H and O–H groups in total. The monoisotopic (exact) mass is 1490 g/mol. The predicted octanol–water partition coefficient (Wildman–Crippen LogP) is -0.703. The number of nitrogens with zero attached hydrogens (tertiary/aromatic N) is 7. The minimum absolute atomic E-state index is 0.0557. The number of benzene rings is 2. The summed E-state index contributed by atoms with van der Waals surface area (Å²) >= 11 is 1.51. The summed E-state index contributed by atoms with van der Waals surface area (Å²) in [6, 6.07) is 0.508. The Morgan fingerprint density at radius 2 is 1.36 bits per heavy atom. The minimum Gasteiger partial charge on any atom is -0.504 e. The van der Waals surface area contributed by atoms with Crippen molar-refractivity contribution in [2.75, 3.05) is 37.6 Å². The lowest BCUT2D eigenvalue weighted by molar-refractivity contribution is -0.152. The zero-order valence-corrected chi connectivity index (χ0v) is 59.1. The van der Waals surface area contributed by atoms with Gasteiger partial charge in [0.25, 0.3) is 0 Å². The van der Waals surface area contributed by atoms with Crippen molar-refractivity contribution in [3.63, 3.8) is 0 Å². The summed E-state index contributed by atoms with van der Waals surface area (Å²) in [5, 5.41) is 121. The maximum absolute atomic E-state index is 14.9. The lowest BCUT2D eigenvalue weighted by Gasteiger charge is -2.34. The van der Waals surface area contributed by atoms with Crippen LogP contribution in [0.25, 0.3) is 21.7 Å². The van der Waals surface area contributed by atoms with Crippen molar-refractivity contribution in [3.8, 4) is 33.2 Å². The van der Waals surface area contributed by atoms with Crippen LogP contribution in [0.5, 0.6) is 11.5 Å². The molecule has 4 aliphatic heterocycles. The van der Waals surface area contributed by atoms with E-state index in [9.17, 15) is 97.3 Å². The maximum Gasteiger partial charge on any atom is 0.446 e. The summed E-state index contributed by atoms with van der Waals surface area (Å²) in [4.78, 5) is 126. The number of fused-ring (bicyclic) bond motifs is 2. The minimum atomic E-state index is -5.27. The molecule has 2 aromatic carbocycles. The second-order valence-electron chi connectivity index (χ2n) is 28.2. The number of hydrogen-bond acceptors (Lipinski definition) is 26. The fourth-order valence-electron chi connectivity index (χ4n) is 14.7. The Morgan fingerprint density at radius 3 is 2.02 bits per heavy atom. The van der Waals surface area contributed by atoms with Gasteiger partial charge < -0.3 is 96.2 Å². The highest BCUT2D eigenvalue weighted by atomic mass is 32.3. The van der Waals surface area contributed by atoms with Gasteiger partial charge in [0.1, 0.15) is 40.2 Å². The van der Waals surface area contributed by atoms with Crippen molar-refractivity contribution in [2.24, 2.45) is 17.8 Å². The van der Waals surface area contributed by atoms with Gasteiger partial charge in [0, 0.05) is 86.8 Å². The summed E-state index contributed by atoms with van der Waals surface area (Å²) in [5.41, 5.74) is 2.56.